The minimum atomic E-state index is -1.06. The molecule has 2 atom stereocenters. The van der Waals surface area contributed by atoms with Gasteiger partial charge in [-0.25, -0.2) is 0 Å². The van der Waals surface area contributed by atoms with E-state index in [4.69, 9.17) is 4.74 Å². The van der Waals surface area contributed by atoms with Gasteiger partial charge in [-0.3, -0.25) is 4.79 Å². The highest BCUT2D eigenvalue weighted by Crippen LogP contribution is 2.56. The van der Waals surface area contributed by atoms with Gasteiger partial charge in [-0.05, 0) is 23.8 Å². The molecular weight excluding hydrogens is 216 g/mol. The first-order valence-corrected chi connectivity index (χ1v) is 10.1. The maximum Gasteiger partial charge on any atom is 0.306 e. The largest absolute Gasteiger partial charge is 0.466 e. The molecule has 1 aliphatic rings. The van der Waals surface area contributed by atoms with Crippen molar-refractivity contribution in [2.75, 3.05) is 6.61 Å². The van der Waals surface area contributed by atoms with Crippen LogP contribution in [0.3, 0.4) is 0 Å². The number of carbonyl (C=O) groups is 1. The van der Waals surface area contributed by atoms with Crippen molar-refractivity contribution in [2.24, 2.45) is 11.3 Å². The lowest BCUT2D eigenvalue weighted by Gasteiger charge is -2.16. The van der Waals surface area contributed by atoms with Crippen molar-refractivity contribution >= 4 is 14.0 Å². The molecule has 1 rings (SSSR count). The monoisotopic (exact) mass is 242 g/mol. The van der Waals surface area contributed by atoms with E-state index in [-0.39, 0.29) is 11.4 Å². The van der Waals surface area contributed by atoms with E-state index in [0.717, 1.165) is 12.0 Å². The topological polar surface area (TPSA) is 26.3 Å². The average Bonchev–Trinajstić information content (AvgIpc) is 2.73. The predicted molar refractivity (Wildman–Crippen MR) is 70.2 cm³/mol. The van der Waals surface area contributed by atoms with Crippen LogP contribution in [0.15, 0.2) is 0 Å². The lowest BCUT2D eigenvalue weighted by molar-refractivity contribution is -0.144. The molecule has 0 N–H and O–H groups in total. The fourth-order valence-electron chi connectivity index (χ4n) is 2.21. The quantitative estimate of drug-likeness (QED) is 0.524. The zero-order valence-corrected chi connectivity index (χ0v) is 12.4. The molecule has 0 radical (unpaired) electrons. The van der Waals surface area contributed by atoms with Gasteiger partial charge in [0.05, 0.1) is 13.0 Å². The summed E-state index contributed by atoms with van der Waals surface area (Å²) in [6, 6.07) is 1.08. The zero-order chi connectivity index (χ0) is 12.4. The van der Waals surface area contributed by atoms with E-state index in [1.165, 1.54) is 12.8 Å². The standard InChI is InChI=1S/C13H26O2Si/c1-6-11-9-13(11,2)10-12(14)15-7-8-16(3,4)5/h11H,6-10H2,1-5H3. The van der Waals surface area contributed by atoms with E-state index in [1.54, 1.807) is 0 Å². The molecule has 0 amide bonds. The summed E-state index contributed by atoms with van der Waals surface area (Å²) in [6.45, 7) is 11.9. The van der Waals surface area contributed by atoms with Crippen molar-refractivity contribution < 1.29 is 9.53 Å². The molecule has 1 fully saturated rings. The van der Waals surface area contributed by atoms with Crippen LogP contribution in [0.5, 0.6) is 0 Å². The second-order valence-corrected chi connectivity index (χ2v) is 12.3. The summed E-state index contributed by atoms with van der Waals surface area (Å²) in [7, 11) is -1.06. The van der Waals surface area contributed by atoms with Crippen LogP contribution >= 0.6 is 0 Å². The molecule has 0 aromatic heterocycles. The van der Waals surface area contributed by atoms with E-state index < -0.39 is 8.07 Å². The summed E-state index contributed by atoms with van der Waals surface area (Å²) in [5, 5.41) is 0. The summed E-state index contributed by atoms with van der Waals surface area (Å²) in [5.74, 6) is 0.758. The molecule has 2 nitrogen and oxygen atoms in total. The van der Waals surface area contributed by atoms with Crippen LogP contribution in [0.4, 0.5) is 0 Å². The second kappa shape index (κ2) is 4.90. The number of esters is 1. The summed E-state index contributed by atoms with van der Waals surface area (Å²) in [6.07, 6.45) is 3.02. The molecule has 0 aliphatic heterocycles. The van der Waals surface area contributed by atoms with Gasteiger partial charge in [0.1, 0.15) is 0 Å². The van der Waals surface area contributed by atoms with Crippen molar-refractivity contribution in [3.05, 3.63) is 0 Å². The second-order valence-electron chi connectivity index (χ2n) is 6.67. The SMILES string of the molecule is CCC1CC1(C)CC(=O)OCC[Si](C)(C)C. The summed E-state index contributed by atoms with van der Waals surface area (Å²) in [5.41, 5.74) is 0.255. The highest BCUT2D eigenvalue weighted by Gasteiger charge is 2.49. The van der Waals surface area contributed by atoms with Gasteiger partial charge < -0.3 is 4.74 Å². The minimum absolute atomic E-state index is 0.0108. The Bertz CT molecular complexity index is 257. The Balaban J connectivity index is 2.18. The molecule has 3 heteroatoms. The third-order valence-corrected chi connectivity index (χ3v) is 5.40. The van der Waals surface area contributed by atoms with Crippen LogP contribution in [-0.4, -0.2) is 20.7 Å². The van der Waals surface area contributed by atoms with Crippen LogP contribution in [-0.2, 0) is 9.53 Å². The van der Waals surface area contributed by atoms with Crippen molar-refractivity contribution in [3.8, 4) is 0 Å². The Morgan fingerprint density at radius 1 is 1.44 bits per heavy atom. The Morgan fingerprint density at radius 2 is 2.06 bits per heavy atom. The fraction of sp³-hybridized carbons (Fsp3) is 0.923. The maximum absolute atomic E-state index is 11.6. The van der Waals surface area contributed by atoms with Crippen molar-refractivity contribution in [2.45, 2.75) is 58.8 Å². The highest BCUT2D eigenvalue weighted by atomic mass is 28.3. The number of hydrogen-bond donors (Lipinski definition) is 0. The molecule has 1 saturated carbocycles. The van der Waals surface area contributed by atoms with Gasteiger partial charge in [0.2, 0.25) is 0 Å². The van der Waals surface area contributed by atoms with Crippen LogP contribution in [0.1, 0.15) is 33.1 Å². The molecule has 0 spiro atoms. The van der Waals surface area contributed by atoms with Crippen LogP contribution in [0.25, 0.3) is 0 Å². The van der Waals surface area contributed by atoms with Crippen molar-refractivity contribution in [3.63, 3.8) is 0 Å². The summed E-state index contributed by atoms with van der Waals surface area (Å²) >= 11 is 0. The first-order valence-electron chi connectivity index (χ1n) is 6.42. The van der Waals surface area contributed by atoms with E-state index in [1.807, 2.05) is 0 Å². The third kappa shape index (κ3) is 4.28. The zero-order valence-electron chi connectivity index (χ0n) is 11.4. The lowest BCUT2D eigenvalue weighted by atomic mass is 10.0. The molecule has 0 bridgehead atoms. The Hall–Kier alpha value is -0.313. The molecule has 2 unspecified atom stereocenters. The third-order valence-electron chi connectivity index (χ3n) is 3.69. The molecule has 0 aromatic rings. The normalized spacial score (nSPS) is 28.9. The first-order chi connectivity index (χ1) is 7.27. The molecule has 0 saturated heterocycles. The van der Waals surface area contributed by atoms with Gasteiger partial charge in [-0.15, -0.1) is 0 Å². The van der Waals surface area contributed by atoms with Gasteiger partial charge in [-0.1, -0.05) is 39.9 Å². The molecule has 1 aliphatic carbocycles. The molecule has 0 heterocycles. The van der Waals surface area contributed by atoms with Crippen LogP contribution in [0, 0.1) is 11.3 Å². The highest BCUT2D eigenvalue weighted by molar-refractivity contribution is 6.76. The molecular formula is C13H26O2Si. The van der Waals surface area contributed by atoms with Gasteiger partial charge >= 0.3 is 5.97 Å². The molecule has 16 heavy (non-hydrogen) atoms. The molecule has 94 valence electrons. The average molecular weight is 242 g/mol. The predicted octanol–water partition coefficient (Wildman–Crippen LogP) is 3.69. The van der Waals surface area contributed by atoms with Crippen molar-refractivity contribution in [1.29, 1.82) is 0 Å². The number of carbonyl (C=O) groups excluding carboxylic acids is 1. The fourth-order valence-corrected chi connectivity index (χ4v) is 2.92. The number of rotatable bonds is 6. The summed E-state index contributed by atoms with van der Waals surface area (Å²) in [4.78, 5) is 11.6. The van der Waals surface area contributed by atoms with Gasteiger partial charge in [0.25, 0.3) is 0 Å². The van der Waals surface area contributed by atoms with Crippen LogP contribution in [0.2, 0.25) is 25.7 Å². The number of ether oxygens (including phenoxy) is 1. The number of hydrogen-bond acceptors (Lipinski definition) is 2. The van der Waals surface area contributed by atoms with Crippen molar-refractivity contribution in [1.82, 2.24) is 0 Å². The Morgan fingerprint density at radius 3 is 2.50 bits per heavy atom. The smallest absolute Gasteiger partial charge is 0.306 e. The van der Waals surface area contributed by atoms with E-state index in [2.05, 4.69) is 33.5 Å². The van der Waals surface area contributed by atoms with Gasteiger partial charge in [-0.2, -0.15) is 0 Å². The minimum Gasteiger partial charge on any atom is -0.466 e. The van der Waals surface area contributed by atoms with Gasteiger partial charge in [0.15, 0.2) is 0 Å². The first kappa shape index (κ1) is 13.8. The van der Waals surface area contributed by atoms with Gasteiger partial charge in [0, 0.05) is 8.07 Å². The van der Waals surface area contributed by atoms with E-state index in [9.17, 15) is 4.79 Å². The van der Waals surface area contributed by atoms with Crippen LogP contribution < -0.4 is 0 Å². The Kier molecular flexibility index (Phi) is 4.21. The Labute approximate surface area is 101 Å². The maximum atomic E-state index is 11.6. The van der Waals surface area contributed by atoms with E-state index in [0.29, 0.717) is 13.0 Å². The van der Waals surface area contributed by atoms with E-state index >= 15 is 0 Å². The lowest BCUT2D eigenvalue weighted by Crippen LogP contribution is -2.23. The molecule has 0 aromatic carbocycles. The summed E-state index contributed by atoms with van der Waals surface area (Å²) < 4.78 is 5.32.